The number of nitro benzene ring substituents is 1. The van der Waals surface area contributed by atoms with E-state index >= 15 is 0 Å². The van der Waals surface area contributed by atoms with Gasteiger partial charge in [-0.15, -0.1) is 0 Å². The number of esters is 1. The van der Waals surface area contributed by atoms with E-state index in [-0.39, 0.29) is 17.4 Å². The third-order valence-corrected chi connectivity index (χ3v) is 3.50. The minimum Gasteiger partial charge on any atom is -0.459 e. The van der Waals surface area contributed by atoms with Crippen LogP contribution in [0.25, 0.3) is 17.4 Å². The van der Waals surface area contributed by atoms with Gasteiger partial charge in [0.2, 0.25) is 0 Å². The fourth-order valence-electron chi connectivity index (χ4n) is 1.94. The van der Waals surface area contributed by atoms with Gasteiger partial charge in [-0.25, -0.2) is 4.79 Å². The number of nitrogens with zero attached hydrogens (tertiary/aromatic N) is 2. The highest BCUT2D eigenvalue weighted by Gasteiger charge is 2.15. The summed E-state index contributed by atoms with van der Waals surface area (Å²) in [5, 5.41) is 19.8. The number of rotatable bonds is 6. The molecule has 1 aromatic carbocycles. The van der Waals surface area contributed by atoms with Gasteiger partial charge in [-0.05, 0) is 37.6 Å². The molecule has 128 valence electrons. The van der Waals surface area contributed by atoms with E-state index in [2.05, 4.69) is 0 Å². The van der Waals surface area contributed by atoms with Crippen LogP contribution in [0.5, 0.6) is 0 Å². The fourth-order valence-corrected chi connectivity index (χ4v) is 1.94. The lowest BCUT2D eigenvalue weighted by Crippen LogP contribution is -2.15. The molecule has 0 saturated heterocycles. The van der Waals surface area contributed by atoms with Gasteiger partial charge >= 0.3 is 5.97 Å². The van der Waals surface area contributed by atoms with Crippen molar-refractivity contribution in [2.75, 3.05) is 0 Å². The summed E-state index contributed by atoms with van der Waals surface area (Å²) in [6, 6.07) is 10.9. The maximum atomic E-state index is 11.9. The lowest BCUT2D eigenvalue weighted by atomic mass is 10.1. The van der Waals surface area contributed by atoms with Crippen LogP contribution in [0, 0.1) is 21.4 Å². The van der Waals surface area contributed by atoms with Crippen molar-refractivity contribution >= 4 is 17.7 Å². The first-order valence-electron chi connectivity index (χ1n) is 7.62. The Morgan fingerprint density at radius 3 is 2.60 bits per heavy atom. The number of furan rings is 1. The summed E-state index contributed by atoms with van der Waals surface area (Å²) >= 11 is 0. The zero-order valence-corrected chi connectivity index (χ0v) is 13.8. The van der Waals surface area contributed by atoms with E-state index in [9.17, 15) is 14.9 Å². The molecule has 25 heavy (non-hydrogen) atoms. The Hall–Kier alpha value is -3.40. The van der Waals surface area contributed by atoms with Crippen LogP contribution in [-0.2, 0) is 9.53 Å². The van der Waals surface area contributed by atoms with Crippen LogP contribution in [0.3, 0.4) is 0 Å². The summed E-state index contributed by atoms with van der Waals surface area (Å²) in [4.78, 5) is 22.1. The van der Waals surface area contributed by atoms with Crippen LogP contribution < -0.4 is 0 Å². The van der Waals surface area contributed by atoms with Crippen molar-refractivity contribution in [3.63, 3.8) is 0 Å². The Balaban J connectivity index is 2.20. The van der Waals surface area contributed by atoms with Crippen LogP contribution >= 0.6 is 0 Å². The van der Waals surface area contributed by atoms with E-state index in [1.807, 2.05) is 6.92 Å². The predicted octanol–water partition coefficient (Wildman–Crippen LogP) is 4.10. The van der Waals surface area contributed by atoms with E-state index in [4.69, 9.17) is 14.4 Å². The Labute approximate surface area is 144 Å². The minimum atomic E-state index is -0.704. The van der Waals surface area contributed by atoms with Gasteiger partial charge in [0.25, 0.3) is 5.69 Å². The van der Waals surface area contributed by atoms with Crippen molar-refractivity contribution in [3.05, 3.63) is 57.8 Å². The van der Waals surface area contributed by atoms with Gasteiger partial charge in [0.1, 0.15) is 23.2 Å². The smallest absolute Gasteiger partial charge is 0.349 e. The summed E-state index contributed by atoms with van der Waals surface area (Å²) in [7, 11) is 0. The summed E-state index contributed by atoms with van der Waals surface area (Å²) in [6.07, 6.45) is 1.67. The second-order valence-corrected chi connectivity index (χ2v) is 5.30. The number of carbonyl (C=O) groups is 1. The van der Waals surface area contributed by atoms with Crippen molar-refractivity contribution in [2.24, 2.45) is 0 Å². The molecule has 1 aromatic heterocycles. The van der Waals surface area contributed by atoms with E-state index in [0.29, 0.717) is 23.5 Å². The van der Waals surface area contributed by atoms with Crippen LogP contribution in [0.4, 0.5) is 5.69 Å². The lowest BCUT2D eigenvalue weighted by Gasteiger charge is -2.09. The number of nitriles is 1. The number of non-ortho nitro benzene ring substituents is 1. The van der Waals surface area contributed by atoms with Gasteiger partial charge in [0.15, 0.2) is 0 Å². The molecule has 1 atom stereocenters. The molecule has 2 aromatic rings. The predicted molar refractivity (Wildman–Crippen MR) is 90.2 cm³/mol. The molecule has 0 aliphatic rings. The fraction of sp³-hybridized carbons (Fsp3) is 0.222. The average Bonchev–Trinajstić information content (AvgIpc) is 3.08. The molecule has 1 heterocycles. The monoisotopic (exact) mass is 340 g/mol. The molecule has 7 nitrogen and oxygen atoms in total. The van der Waals surface area contributed by atoms with Crippen molar-refractivity contribution in [1.29, 1.82) is 5.26 Å². The molecule has 0 saturated carbocycles. The van der Waals surface area contributed by atoms with E-state index in [1.54, 1.807) is 37.3 Å². The standard InChI is InChI=1S/C18H16N2O5/c1-3-12(2)24-18(21)14(11-19)10-16-8-9-17(25-16)13-4-6-15(7-5-13)20(22)23/h4-10,12H,3H2,1-2H3/b14-10+/t12-/m1/s1. The number of nitro groups is 1. The van der Waals surface area contributed by atoms with Crippen LogP contribution in [0.15, 0.2) is 46.4 Å². The van der Waals surface area contributed by atoms with E-state index < -0.39 is 10.9 Å². The zero-order chi connectivity index (χ0) is 18.4. The van der Waals surface area contributed by atoms with E-state index in [0.717, 1.165) is 0 Å². The molecule has 0 aliphatic carbocycles. The van der Waals surface area contributed by atoms with Gasteiger partial charge < -0.3 is 9.15 Å². The number of benzene rings is 1. The molecule has 2 rings (SSSR count). The molecular weight excluding hydrogens is 324 g/mol. The summed E-state index contributed by atoms with van der Waals surface area (Å²) in [5.41, 5.74) is 0.464. The minimum absolute atomic E-state index is 0.0185. The maximum Gasteiger partial charge on any atom is 0.349 e. The van der Waals surface area contributed by atoms with Crippen LogP contribution in [-0.4, -0.2) is 17.0 Å². The molecule has 0 bridgehead atoms. The highest BCUT2D eigenvalue weighted by Crippen LogP contribution is 2.25. The van der Waals surface area contributed by atoms with Crippen molar-refractivity contribution in [1.82, 2.24) is 0 Å². The summed E-state index contributed by atoms with van der Waals surface area (Å²) in [6.45, 7) is 3.61. The molecule has 0 fully saturated rings. The Morgan fingerprint density at radius 2 is 2.04 bits per heavy atom. The van der Waals surface area contributed by atoms with Gasteiger partial charge in [-0.3, -0.25) is 10.1 Å². The molecule has 0 aliphatic heterocycles. The first-order chi connectivity index (χ1) is 11.9. The second-order valence-electron chi connectivity index (χ2n) is 5.30. The lowest BCUT2D eigenvalue weighted by molar-refractivity contribution is -0.384. The summed E-state index contributed by atoms with van der Waals surface area (Å²) < 4.78 is 10.7. The highest BCUT2D eigenvalue weighted by molar-refractivity contribution is 5.97. The number of hydrogen-bond donors (Lipinski definition) is 0. The van der Waals surface area contributed by atoms with Crippen molar-refractivity contribution in [2.45, 2.75) is 26.4 Å². The largest absolute Gasteiger partial charge is 0.459 e. The zero-order valence-electron chi connectivity index (χ0n) is 13.8. The van der Waals surface area contributed by atoms with Crippen molar-refractivity contribution in [3.8, 4) is 17.4 Å². The first kappa shape index (κ1) is 17.9. The van der Waals surface area contributed by atoms with E-state index in [1.165, 1.54) is 18.2 Å². The number of hydrogen-bond acceptors (Lipinski definition) is 6. The molecular formula is C18H16N2O5. The van der Waals surface area contributed by atoms with Crippen LogP contribution in [0.1, 0.15) is 26.0 Å². The molecule has 7 heteroatoms. The molecule has 0 unspecified atom stereocenters. The third-order valence-electron chi connectivity index (χ3n) is 3.50. The second kappa shape index (κ2) is 7.93. The Morgan fingerprint density at radius 1 is 1.36 bits per heavy atom. The number of carbonyl (C=O) groups excluding carboxylic acids is 1. The Kier molecular flexibility index (Phi) is 5.69. The topological polar surface area (TPSA) is 106 Å². The Bertz CT molecular complexity index is 843. The highest BCUT2D eigenvalue weighted by atomic mass is 16.6. The van der Waals surface area contributed by atoms with Gasteiger partial charge in [-0.2, -0.15) is 5.26 Å². The molecule has 0 spiro atoms. The molecule has 0 N–H and O–H groups in total. The average molecular weight is 340 g/mol. The van der Waals surface area contributed by atoms with Crippen LogP contribution in [0.2, 0.25) is 0 Å². The van der Waals surface area contributed by atoms with Gasteiger partial charge in [0, 0.05) is 23.8 Å². The van der Waals surface area contributed by atoms with Crippen molar-refractivity contribution < 1.29 is 18.9 Å². The number of ether oxygens (including phenoxy) is 1. The normalized spacial score (nSPS) is 12.3. The first-order valence-corrected chi connectivity index (χ1v) is 7.62. The quantitative estimate of drug-likeness (QED) is 0.257. The summed E-state index contributed by atoms with van der Waals surface area (Å²) in [5.74, 6) is 0.0740. The maximum absolute atomic E-state index is 11.9. The third kappa shape index (κ3) is 4.54. The molecule has 0 amide bonds. The van der Waals surface area contributed by atoms with Gasteiger partial charge in [-0.1, -0.05) is 6.92 Å². The SMILES string of the molecule is CC[C@@H](C)OC(=O)/C(C#N)=C/c1ccc(-c2ccc([N+](=O)[O-])cc2)o1. The molecule has 0 radical (unpaired) electrons. The van der Waals surface area contributed by atoms with Gasteiger partial charge in [0.05, 0.1) is 11.0 Å².